The number of aromatic nitrogens is 4. The maximum Gasteiger partial charge on any atom is 0.253 e. The highest BCUT2D eigenvalue weighted by Crippen LogP contribution is 2.44. The number of amides is 2. The number of hydrogen-bond donors (Lipinski definition) is 0. The molecule has 2 aromatic heterocycles. The lowest BCUT2D eigenvalue weighted by molar-refractivity contribution is -0.131. The molecule has 0 bridgehead atoms. The van der Waals surface area contributed by atoms with Gasteiger partial charge in [-0.3, -0.25) is 14.3 Å². The van der Waals surface area contributed by atoms with Crippen LogP contribution in [-0.2, 0) is 16.8 Å². The van der Waals surface area contributed by atoms with Crippen molar-refractivity contribution in [2.45, 2.75) is 18.9 Å². The normalized spacial score (nSPS) is 23.0. The number of aryl methyl sites for hydroxylation is 1. The highest BCUT2D eigenvalue weighted by atomic mass is 16.5. The summed E-state index contributed by atoms with van der Waals surface area (Å²) in [6, 6.07) is 11.0. The monoisotopic (exact) mass is 406 g/mol. The van der Waals surface area contributed by atoms with Crippen LogP contribution in [0.15, 0.2) is 53.3 Å². The molecular weight excluding hydrogens is 384 g/mol. The van der Waals surface area contributed by atoms with Crippen LogP contribution in [0.3, 0.4) is 0 Å². The van der Waals surface area contributed by atoms with E-state index in [1.54, 1.807) is 30.1 Å². The van der Waals surface area contributed by atoms with E-state index in [4.69, 9.17) is 4.52 Å². The molecule has 9 nitrogen and oxygen atoms in total. The summed E-state index contributed by atoms with van der Waals surface area (Å²) in [6.45, 7) is 3.93. The van der Waals surface area contributed by atoms with Gasteiger partial charge in [0.15, 0.2) is 5.82 Å². The molecule has 0 radical (unpaired) electrons. The average Bonchev–Trinajstić information content (AvgIpc) is 3.51. The van der Waals surface area contributed by atoms with Gasteiger partial charge in [0, 0.05) is 50.1 Å². The van der Waals surface area contributed by atoms with E-state index in [1.165, 1.54) is 0 Å². The minimum atomic E-state index is -0.550. The summed E-state index contributed by atoms with van der Waals surface area (Å²) in [6.07, 6.45) is 3.42. The zero-order chi connectivity index (χ0) is 20.7. The fourth-order valence-electron chi connectivity index (χ4n) is 4.61. The van der Waals surface area contributed by atoms with Crippen molar-refractivity contribution < 1.29 is 14.1 Å². The van der Waals surface area contributed by atoms with Crippen molar-refractivity contribution in [1.29, 1.82) is 0 Å². The minimum Gasteiger partial charge on any atom is -0.340 e. The van der Waals surface area contributed by atoms with Gasteiger partial charge < -0.3 is 14.3 Å². The molecule has 2 amide bonds. The summed E-state index contributed by atoms with van der Waals surface area (Å²) in [4.78, 5) is 34.1. The fourth-order valence-corrected chi connectivity index (χ4v) is 4.61. The molecule has 154 valence electrons. The number of likely N-dealkylation sites (tertiary alicyclic amines) is 2. The van der Waals surface area contributed by atoms with Crippen molar-refractivity contribution in [2.24, 2.45) is 5.92 Å². The second-order valence-electron chi connectivity index (χ2n) is 8.03. The molecule has 0 N–H and O–H groups in total. The average molecular weight is 406 g/mol. The van der Waals surface area contributed by atoms with Crippen LogP contribution in [0.1, 0.15) is 22.1 Å². The van der Waals surface area contributed by atoms with Gasteiger partial charge in [0.25, 0.3) is 5.91 Å². The summed E-state index contributed by atoms with van der Waals surface area (Å²) in [5, 5.41) is 8.09. The second-order valence-corrected chi connectivity index (χ2v) is 8.03. The van der Waals surface area contributed by atoms with Gasteiger partial charge >= 0.3 is 0 Å². The molecular formula is C21H22N6O3. The van der Waals surface area contributed by atoms with Crippen LogP contribution in [-0.4, -0.2) is 67.7 Å². The van der Waals surface area contributed by atoms with Crippen molar-refractivity contribution in [3.8, 4) is 0 Å². The van der Waals surface area contributed by atoms with Crippen molar-refractivity contribution in [2.75, 3.05) is 26.2 Å². The molecule has 2 atom stereocenters. The maximum atomic E-state index is 13.1. The number of fused-ring (bicyclic) bond motifs is 1. The van der Waals surface area contributed by atoms with Gasteiger partial charge in [0.05, 0.1) is 5.41 Å². The first-order chi connectivity index (χ1) is 14.5. The zero-order valence-electron chi connectivity index (χ0n) is 16.6. The van der Waals surface area contributed by atoms with E-state index < -0.39 is 5.41 Å². The lowest BCUT2D eigenvalue weighted by atomic mass is 9.81. The summed E-state index contributed by atoms with van der Waals surface area (Å²) in [5.74, 6) is 1.06. The van der Waals surface area contributed by atoms with Gasteiger partial charge in [-0.15, -0.1) is 0 Å². The summed E-state index contributed by atoms with van der Waals surface area (Å²) >= 11 is 0. The Labute approximate surface area is 173 Å². The first-order valence-electron chi connectivity index (χ1n) is 9.95. The van der Waals surface area contributed by atoms with Gasteiger partial charge in [-0.1, -0.05) is 23.4 Å². The number of nitrogens with zero attached hydrogens (tertiary/aromatic N) is 6. The Morgan fingerprint density at radius 3 is 2.60 bits per heavy atom. The molecule has 0 saturated carbocycles. The standard InChI is InChI=1S/C21H22N6O3/c1-15-23-20(30-24-15)21-13-25(18(28)12-27-9-5-8-22-27)10-17(21)11-26(14-21)19(29)16-6-3-2-4-7-16/h2-9,17H,10-14H2,1H3/t17-,21-/m0/s1. The Morgan fingerprint density at radius 2 is 1.90 bits per heavy atom. The van der Waals surface area contributed by atoms with Crippen molar-refractivity contribution in [3.63, 3.8) is 0 Å². The lowest BCUT2D eigenvalue weighted by Gasteiger charge is -2.26. The van der Waals surface area contributed by atoms with E-state index in [0.717, 1.165) is 0 Å². The molecule has 0 unspecified atom stereocenters. The highest BCUT2D eigenvalue weighted by molar-refractivity contribution is 5.94. The number of carbonyl (C=O) groups excluding carboxylic acids is 2. The molecule has 1 aromatic carbocycles. The third-order valence-electron chi connectivity index (χ3n) is 6.08. The first-order valence-corrected chi connectivity index (χ1v) is 9.95. The molecule has 0 aliphatic carbocycles. The zero-order valence-corrected chi connectivity index (χ0v) is 16.6. The molecule has 4 heterocycles. The molecule has 2 aliphatic rings. The van der Waals surface area contributed by atoms with Gasteiger partial charge in [-0.25, -0.2) is 0 Å². The van der Waals surface area contributed by atoms with Crippen LogP contribution in [0, 0.1) is 12.8 Å². The third-order valence-corrected chi connectivity index (χ3v) is 6.08. The summed E-state index contributed by atoms with van der Waals surface area (Å²) < 4.78 is 7.18. The van der Waals surface area contributed by atoms with Gasteiger partial charge in [-0.2, -0.15) is 10.1 Å². The Bertz CT molecular complexity index is 1060. The summed E-state index contributed by atoms with van der Waals surface area (Å²) in [5.41, 5.74) is 0.104. The number of benzene rings is 1. The molecule has 2 saturated heterocycles. The highest BCUT2D eigenvalue weighted by Gasteiger charge is 2.58. The van der Waals surface area contributed by atoms with Crippen LogP contribution >= 0.6 is 0 Å². The van der Waals surface area contributed by atoms with E-state index in [0.29, 0.717) is 43.5 Å². The van der Waals surface area contributed by atoms with Crippen LogP contribution in [0.2, 0.25) is 0 Å². The fraction of sp³-hybridized carbons (Fsp3) is 0.381. The topological polar surface area (TPSA) is 97.4 Å². The molecule has 2 fully saturated rings. The third kappa shape index (κ3) is 3.06. The number of hydrogen-bond acceptors (Lipinski definition) is 6. The Balaban J connectivity index is 1.41. The van der Waals surface area contributed by atoms with E-state index in [1.807, 2.05) is 40.1 Å². The van der Waals surface area contributed by atoms with Crippen molar-refractivity contribution >= 4 is 11.8 Å². The van der Waals surface area contributed by atoms with Gasteiger partial charge in [-0.05, 0) is 25.1 Å². The number of rotatable bonds is 4. The van der Waals surface area contributed by atoms with E-state index in [9.17, 15) is 9.59 Å². The molecule has 0 spiro atoms. The van der Waals surface area contributed by atoms with Crippen LogP contribution < -0.4 is 0 Å². The van der Waals surface area contributed by atoms with Crippen LogP contribution in [0.25, 0.3) is 0 Å². The first kappa shape index (κ1) is 18.5. The molecule has 30 heavy (non-hydrogen) atoms. The molecule has 3 aromatic rings. The van der Waals surface area contributed by atoms with E-state index in [2.05, 4.69) is 15.2 Å². The van der Waals surface area contributed by atoms with Gasteiger partial charge in [0.2, 0.25) is 11.8 Å². The largest absolute Gasteiger partial charge is 0.340 e. The lowest BCUT2D eigenvalue weighted by Crippen LogP contribution is -2.42. The SMILES string of the molecule is Cc1noc([C@]23CN(C(=O)Cn4cccn4)C[C@H]2CN(C(=O)c2ccccc2)C3)n1. The Kier molecular flexibility index (Phi) is 4.38. The van der Waals surface area contributed by atoms with Crippen molar-refractivity contribution in [1.82, 2.24) is 29.7 Å². The second kappa shape index (κ2) is 7.08. The van der Waals surface area contributed by atoms with E-state index >= 15 is 0 Å². The molecule has 2 aliphatic heterocycles. The van der Waals surface area contributed by atoms with E-state index in [-0.39, 0.29) is 24.3 Å². The molecule has 5 rings (SSSR count). The predicted octanol–water partition coefficient (Wildman–Crippen LogP) is 1.13. The minimum absolute atomic E-state index is 0.00959. The Morgan fingerprint density at radius 1 is 1.13 bits per heavy atom. The van der Waals surface area contributed by atoms with Crippen molar-refractivity contribution in [3.05, 3.63) is 66.1 Å². The van der Waals surface area contributed by atoms with Crippen LogP contribution in [0.4, 0.5) is 0 Å². The maximum absolute atomic E-state index is 13.1. The van der Waals surface area contributed by atoms with Gasteiger partial charge in [0.1, 0.15) is 6.54 Å². The summed E-state index contributed by atoms with van der Waals surface area (Å²) in [7, 11) is 0. The van der Waals surface area contributed by atoms with Crippen LogP contribution in [0.5, 0.6) is 0 Å². The Hall–Kier alpha value is -3.49. The smallest absolute Gasteiger partial charge is 0.253 e. The predicted molar refractivity (Wildman–Crippen MR) is 105 cm³/mol. The quantitative estimate of drug-likeness (QED) is 0.644. The number of carbonyl (C=O) groups is 2. The molecule has 9 heteroatoms.